The zero-order valence-electron chi connectivity index (χ0n) is 14.2. The summed E-state index contributed by atoms with van der Waals surface area (Å²) in [6, 6.07) is 3.96. The smallest absolute Gasteiger partial charge is 0.243 e. The van der Waals surface area contributed by atoms with Crippen LogP contribution >= 0.6 is 0 Å². The number of hydrogen-bond acceptors (Lipinski definition) is 3. The maximum absolute atomic E-state index is 13.7. The second-order valence-electron chi connectivity index (χ2n) is 6.23. The van der Waals surface area contributed by atoms with Crippen LogP contribution in [0.2, 0.25) is 0 Å². The van der Waals surface area contributed by atoms with Crippen molar-refractivity contribution in [2.24, 2.45) is 5.92 Å². The van der Waals surface area contributed by atoms with Crippen molar-refractivity contribution in [2.75, 3.05) is 19.6 Å². The standard InChI is InChI=1S/C17H25FN2O3S/c1-3-4-9-19-17(21)14-7-10-20(11-8-14)24(22,23)15-6-5-13(2)16(18)12-15/h5-6,12,14H,3-4,7-11H2,1-2H3,(H,19,21). The highest BCUT2D eigenvalue weighted by atomic mass is 32.2. The van der Waals surface area contributed by atoms with E-state index in [4.69, 9.17) is 0 Å². The summed E-state index contributed by atoms with van der Waals surface area (Å²) in [5.41, 5.74) is 0.413. The van der Waals surface area contributed by atoms with Crippen LogP contribution in [-0.2, 0) is 14.8 Å². The van der Waals surface area contributed by atoms with Crippen LogP contribution < -0.4 is 5.32 Å². The number of carbonyl (C=O) groups excluding carboxylic acids is 1. The Morgan fingerprint density at radius 1 is 1.33 bits per heavy atom. The molecule has 1 amide bonds. The highest BCUT2D eigenvalue weighted by Gasteiger charge is 2.32. The fraction of sp³-hybridized carbons (Fsp3) is 0.588. The first-order chi connectivity index (χ1) is 11.4. The van der Waals surface area contributed by atoms with Gasteiger partial charge in [-0.2, -0.15) is 4.31 Å². The minimum atomic E-state index is -3.71. The molecule has 0 bridgehead atoms. The fourth-order valence-electron chi connectivity index (χ4n) is 2.77. The summed E-state index contributed by atoms with van der Waals surface area (Å²) in [7, 11) is -3.71. The average molecular weight is 356 g/mol. The van der Waals surface area contributed by atoms with E-state index < -0.39 is 15.8 Å². The molecule has 24 heavy (non-hydrogen) atoms. The molecule has 0 aliphatic carbocycles. The topological polar surface area (TPSA) is 66.5 Å². The molecule has 1 aliphatic rings. The molecular weight excluding hydrogens is 331 g/mol. The summed E-state index contributed by atoms with van der Waals surface area (Å²) in [6.07, 6.45) is 2.94. The van der Waals surface area contributed by atoms with Gasteiger partial charge >= 0.3 is 0 Å². The molecule has 0 spiro atoms. The van der Waals surface area contributed by atoms with E-state index in [-0.39, 0.29) is 29.8 Å². The number of halogens is 1. The van der Waals surface area contributed by atoms with Gasteiger partial charge in [0.2, 0.25) is 15.9 Å². The van der Waals surface area contributed by atoms with Crippen molar-refractivity contribution in [3.8, 4) is 0 Å². The molecule has 0 saturated carbocycles. The molecule has 1 heterocycles. The van der Waals surface area contributed by atoms with Crippen LogP contribution in [-0.4, -0.2) is 38.3 Å². The van der Waals surface area contributed by atoms with Crippen LogP contribution in [0.1, 0.15) is 38.2 Å². The summed E-state index contributed by atoms with van der Waals surface area (Å²) >= 11 is 0. The first-order valence-corrected chi connectivity index (χ1v) is 9.84. The largest absolute Gasteiger partial charge is 0.356 e. The third-order valence-corrected chi connectivity index (χ3v) is 6.33. The summed E-state index contributed by atoms with van der Waals surface area (Å²) < 4.78 is 40.2. The Labute approximate surface area is 143 Å². The van der Waals surface area contributed by atoms with Crippen molar-refractivity contribution in [2.45, 2.75) is 44.4 Å². The van der Waals surface area contributed by atoms with Gasteiger partial charge in [0.15, 0.2) is 0 Å². The van der Waals surface area contributed by atoms with E-state index >= 15 is 0 Å². The zero-order chi connectivity index (χ0) is 17.7. The van der Waals surface area contributed by atoms with E-state index in [0.29, 0.717) is 24.9 Å². The Kier molecular flexibility index (Phi) is 6.34. The zero-order valence-corrected chi connectivity index (χ0v) is 15.0. The lowest BCUT2D eigenvalue weighted by atomic mass is 9.97. The Morgan fingerprint density at radius 2 is 2.00 bits per heavy atom. The number of nitrogens with one attached hydrogen (secondary N) is 1. The molecule has 7 heteroatoms. The lowest BCUT2D eigenvalue weighted by Crippen LogP contribution is -2.43. The lowest BCUT2D eigenvalue weighted by Gasteiger charge is -2.30. The van der Waals surface area contributed by atoms with Gasteiger partial charge < -0.3 is 5.32 Å². The molecule has 1 fully saturated rings. The van der Waals surface area contributed by atoms with Crippen LogP contribution in [0.3, 0.4) is 0 Å². The van der Waals surface area contributed by atoms with Gasteiger partial charge in [0.05, 0.1) is 4.90 Å². The van der Waals surface area contributed by atoms with E-state index in [2.05, 4.69) is 12.2 Å². The molecule has 1 saturated heterocycles. The molecule has 1 aromatic carbocycles. The van der Waals surface area contributed by atoms with Crippen molar-refractivity contribution >= 4 is 15.9 Å². The Bertz CT molecular complexity index is 683. The van der Waals surface area contributed by atoms with Crippen LogP contribution in [0, 0.1) is 18.7 Å². The molecule has 0 unspecified atom stereocenters. The van der Waals surface area contributed by atoms with Crippen molar-refractivity contribution in [3.63, 3.8) is 0 Å². The van der Waals surface area contributed by atoms with E-state index in [1.54, 1.807) is 6.92 Å². The maximum Gasteiger partial charge on any atom is 0.243 e. The van der Waals surface area contributed by atoms with Crippen molar-refractivity contribution in [3.05, 3.63) is 29.6 Å². The summed E-state index contributed by atoms with van der Waals surface area (Å²) in [5, 5.41) is 2.90. The number of unbranched alkanes of at least 4 members (excludes halogenated alkanes) is 1. The monoisotopic (exact) mass is 356 g/mol. The Morgan fingerprint density at radius 3 is 2.58 bits per heavy atom. The van der Waals surface area contributed by atoms with Gasteiger partial charge in [-0.15, -0.1) is 0 Å². The predicted molar refractivity (Wildman–Crippen MR) is 90.5 cm³/mol. The molecule has 1 N–H and O–H groups in total. The summed E-state index contributed by atoms with van der Waals surface area (Å²) in [6.45, 7) is 4.88. The van der Waals surface area contributed by atoms with E-state index in [1.165, 1.54) is 16.4 Å². The first kappa shape index (κ1) is 18.9. The number of sulfonamides is 1. The normalized spacial score (nSPS) is 17.0. The predicted octanol–water partition coefficient (Wildman–Crippen LogP) is 2.45. The number of hydrogen-bond donors (Lipinski definition) is 1. The minimum Gasteiger partial charge on any atom is -0.356 e. The average Bonchev–Trinajstić information content (AvgIpc) is 2.57. The molecule has 0 atom stereocenters. The van der Waals surface area contributed by atoms with E-state index in [9.17, 15) is 17.6 Å². The number of benzene rings is 1. The molecular formula is C17H25FN2O3S. The number of piperidine rings is 1. The van der Waals surface area contributed by atoms with E-state index in [0.717, 1.165) is 18.9 Å². The quantitative estimate of drug-likeness (QED) is 0.796. The van der Waals surface area contributed by atoms with Crippen LogP contribution in [0.25, 0.3) is 0 Å². The summed E-state index contributed by atoms with van der Waals surface area (Å²) in [5.74, 6) is -0.675. The number of rotatable bonds is 6. The number of aryl methyl sites for hydroxylation is 1. The van der Waals surface area contributed by atoms with Gasteiger partial charge in [-0.1, -0.05) is 19.4 Å². The molecule has 134 valence electrons. The third-order valence-electron chi connectivity index (χ3n) is 4.44. The SMILES string of the molecule is CCCCNC(=O)C1CCN(S(=O)(=O)c2ccc(C)c(F)c2)CC1. The first-order valence-electron chi connectivity index (χ1n) is 8.40. The molecule has 0 aromatic heterocycles. The third kappa shape index (κ3) is 4.33. The molecule has 2 rings (SSSR count). The lowest BCUT2D eigenvalue weighted by molar-refractivity contribution is -0.126. The Hall–Kier alpha value is -1.47. The second kappa shape index (κ2) is 8.07. The highest BCUT2D eigenvalue weighted by Crippen LogP contribution is 2.25. The van der Waals surface area contributed by atoms with Crippen LogP contribution in [0.4, 0.5) is 4.39 Å². The van der Waals surface area contributed by atoms with Gasteiger partial charge in [0, 0.05) is 25.6 Å². The van der Waals surface area contributed by atoms with Gasteiger partial charge in [-0.3, -0.25) is 4.79 Å². The van der Waals surface area contributed by atoms with Crippen LogP contribution in [0.5, 0.6) is 0 Å². The number of nitrogens with zero attached hydrogens (tertiary/aromatic N) is 1. The number of carbonyl (C=O) groups is 1. The molecule has 0 radical (unpaired) electrons. The fourth-order valence-corrected chi connectivity index (χ4v) is 4.26. The van der Waals surface area contributed by atoms with Gasteiger partial charge in [0.25, 0.3) is 0 Å². The maximum atomic E-state index is 13.7. The van der Waals surface area contributed by atoms with Crippen LogP contribution in [0.15, 0.2) is 23.1 Å². The van der Waals surface area contributed by atoms with Crippen molar-refractivity contribution in [1.82, 2.24) is 9.62 Å². The van der Waals surface area contributed by atoms with Crippen molar-refractivity contribution in [1.29, 1.82) is 0 Å². The van der Waals surface area contributed by atoms with Gasteiger partial charge in [-0.05, 0) is 43.9 Å². The molecule has 1 aromatic rings. The highest BCUT2D eigenvalue weighted by molar-refractivity contribution is 7.89. The minimum absolute atomic E-state index is 0.00174. The van der Waals surface area contributed by atoms with E-state index in [1.807, 2.05) is 0 Å². The Balaban J connectivity index is 1.98. The van der Waals surface area contributed by atoms with Gasteiger partial charge in [-0.25, -0.2) is 12.8 Å². The van der Waals surface area contributed by atoms with Crippen molar-refractivity contribution < 1.29 is 17.6 Å². The van der Waals surface area contributed by atoms with Gasteiger partial charge in [0.1, 0.15) is 5.82 Å². The number of amides is 1. The second-order valence-corrected chi connectivity index (χ2v) is 8.17. The summed E-state index contributed by atoms with van der Waals surface area (Å²) in [4.78, 5) is 12.0. The molecule has 5 nitrogen and oxygen atoms in total. The molecule has 1 aliphatic heterocycles.